The highest BCUT2D eigenvalue weighted by atomic mass is 35.5. The summed E-state index contributed by atoms with van der Waals surface area (Å²) >= 11 is 11.3. The van der Waals surface area contributed by atoms with Crippen LogP contribution in [0.3, 0.4) is 0 Å². The fraction of sp³-hybridized carbons (Fsp3) is 0.222. The highest BCUT2D eigenvalue weighted by Crippen LogP contribution is 2.29. The number of fused-ring (bicyclic) bond motifs is 1. The predicted molar refractivity (Wildman–Crippen MR) is 144 cm³/mol. The Morgan fingerprint density at radius 3 is 2.77 bits per heavy atom. The zero-order valence-electron chi connectivity index (χ0n) is 19.7. The van der Waals surface area contributed by atoms with Crippen LogP contribution in [0.15, 0.2) is 65.1 Å². The third kappa shape index (κ3) is 6.18. The van der Waals surface area contributed by atoms with E-state index in [0.717, 1.165) is 28.6 Å². The van der Waals surface area contributed by atoms with E-state index in [1.165, 1.54) is 5.56 Å². The topological polar surface area (TPSA) is 76.4 Å². The second kappa shape index (κ2) is 10.9. The summed E-state index contributed by atoms with van der Waals surface area (Å²) < 4.78 is 11.5. The van der Waals surface area contributed by atoms with Gasteiger partial charge in [-0.25, -0.2) is 4.98 Å². The van der Waals surface area contributed by atoms with Gasteiger partial charge in [-0.1, -0.05) is 37.6 Å². The number of aryl methyl sites for hydroxylation is 1. The van der Waals surface area contributed by atoms with Crippen LogP contribution >= 0.6 is 23.8 Å². The molecule has 0 saturated heterocycles. The molecule has 0 saturated carbocycles. The van der Waals surface area contributed by atoms with Crippen LogP contribution in [0.2, 0.25) is 5.02 Å². The first kappa shape index (κ1) is 24.7. The zero-order chi connectivity index (χ0) is 24.9. The first-order valence-electron chi connectivity index (χ1n) is 11.3. The Morgan fingerprint density at radius 1 is 1.17 bits per heavy atom. The number of ether oxygens (including phenoxy) is 1. The van der Waals surface area contributed by atoms with E-state index in [0.29, 0.717) is 28.3 Å². The molecule has 35 heavy (non-hydrogen) atoms. The minimum Gasteiger partial charge on any atom is -0.484 e. The summed E-state index contributed by atoms with van der Waals surface area (Å²) in [5.74, 6) is 1.17. The summed E-state index contributed by atoms with van der Waals surface area (Å²) in [6.45, 7) is 6.06. The molecule has 1 aromatic heterocycles. The van der Waals surface area contributed by atoms with Gasteiger partial charge in [0.1, 0.15) is 11.3 Å². The average molecular weight is 508 g/mol. The van der Waals surface area contributed by atoms with Gasteiger partial charge in [0.2, 0.25) is 5.89 Å². The van der Waals surface area contributed by atoms with Crippen molar-refractivity contribution in [1.29, 1.82) is 0 Å². The molecule has 180 valence electrons. The van der Waals surface area contributed by atoms with Gasteiger partial charge in [-0.3, -0.25) is 10.1 Å². The van der Waals surface area contributed by atoms with Gasteiger partial charge in [0, 0.05) is 16.3 Å². The van der Waals surface area contributed by atoms with Crippen LogP contribution in [0.25, 0.3) is 22.6 Å². The first-order valence-corrected chi connectivity index (χ1v) is 12.1. The Labute approximate surface area is 214 Å². The van der Waals surface area contributed by atoms with Gasteiger partial charge in [0.25, 0.3) is 5.91 Å². The standard InChI is InChI=1S/C27H26ClN3O3S/c1-4-16(2)18-8-11-24-23(14-18)30-26(34-24)19-6-5-7-20(13-19)29-27(35)31-25(32)15-33-21-9-10-22(28)17(3)12-21/h5-14,16H,4,15H2,1-3H3,(H2,29,31,32,35). The molecule has 1 heterocycles. The summed E-state index contributed by atoms with van der Waals surface area (Å²) in [5.41, 5.74) is 5.18. The minimum atomic E-state index is -0.373. The normalized spacial score (nSPS) is 11.8. The Hall–Kier alpha value is -3.42. The molecule has 4 rings (SSSR count). The number of oxazole rings is 1. The van der Waals surface area contributed by atoms with E-state index < -0.39 is 0 Å². The molecule has 0 spiro atoms. The third-order valence-corrected chi connectivity index (χ3v) is 6.34. The van der Waals surface area contributed by atoms with Crippen LogP contribution in [-0.2, 0) is 4.79 Å². The molecule has 4 aromatic rings. The molecule has 0 fully saturated rings. The maximum absolute atomic E-state index is 12.2. The van der Waals surface area contributed by atoms with Crippen LogP contribution in [-0.4, -0.2) is 22.6 Å². The Bertz CT molecular complexity index is 1390. The van der Waals surface area contributed by atoms with E-state index in [2.05, 4.69) is 41.6 Å². The summed E-state index contributed by atoms with van der Waals surface area (Å²) in [6.07, 6.45) is 1.06. The van der Waals surface area contributed by atoms with Gasteiger partial charge in [0.15, 0.2) is 17.3 Å². The smallest absolute Gasteiger partial charge is 0.264 e. The molecule has 2 N–H and O–H groups in total. The number of carbonyl (C=O) groups excluding carboxylic acids is 1. The summed E-state index contributed by atoms with van der Waals surface area (Å²) in [7, 11) is 0. The van der Waals surface area contributed by atoms with E-state index in [9.17, 15) is 4.79 Å². The minimum absolute atomic E-state index is 0.166. The predicted octanol–water partition coefficient (Wildman–Crippen LogP) is 6.86. The fourth-order valence-corrected chi connectivity index (χ4v) is 3.87. The SMILES string of the molecule is CCC(C)c1ccc2oc(-c3cccc(NC(=S)NC(=O)COc4ccc(Cl)c(C)c4)c3)nc2c1. The molecule has 0 bridgehead atoms. The number of amides is 1. The number of carbonyl (C=O) groups is 1. The molecule has 0 aliphatic heterocycles. The number of thiocarbonyl (C=S) groups is 1. The zero-order valence-corrected chi connectivity index (χ0v) is 21.3. The molecule has 0 aliphatic carbocycles. The lowest BCUT2D eigenvalue weighted by atomic mass is 9.98. The van der Waals surface area contributed by atoms with Gasteiger partial charge < -0.3 is 14.5 Å². The van der Waals surface area contributed by atoms with E-state index in [1.807, 2.05) is 37.3 Å². The summed E-state index contributed by atoms with van der Waals surface area (Å²) in [6, 6.07) is 18.8. The van der Waals surface area contributed by atoms with Crippen molar-refractivity contribution in [2.45, 2.75) is 33.1 Å². The van der Waals surface area contributed by atoms with Crippen molar-refractivity contribution in [3.8, 4) is 17.2 Å². The molecule has 0 radical (unpaired) electrons. The van der Waals surface area contributed by atoms with Crippen LogP contribution in [0, 0.1) is 6.92 Å². The van der Waals surface area contributed by atoms with Crippen molar-refractivity contribution < 1.29 is 13.9 Å². The number of hydrogen-bond donors (Lipinski definition) is 2. The number of hydrogen-bond acceptors (Lipinski definition) is 5. The van der Waals surface area contributed by atoms with Crippen LogP contribution in [0.1, 0.15) is 37.3 Å². The van der Waals surface area contributed by atoms with Crippen molar-refractivity contribution >= 4 is 51.6 Å². The number of aromatic nitrogens is 1. The van der Waals surface area contributed by atoms with Gasteiger partial charge in [-0.2, -0.15) is 0 Å². The van der Waals surface area contributed by atoms with E-state index in [4.69, 9.17) is 33.0 Å². The van der Waals surface area contributed by atoms with Gasteiger partial charge in [0.05, 0.1) is 0 Å². The fourth-order valence-electron chi connectivity index (χ4n) is 3.52. The van der Waals surface area contributed by atoms with E-state index >= 15 is 0 Å². The van der Waals surface area contributed by atoms with Gasteiger partial charge >= 0.3 is 0 Å². The second-order valence-corrected chi connectivity index (χ2v) is 9.15. The molecule has 1 unspecified atom stereocenters. The summed E-state index contributed by atoms with van der Waals surface area (Å²) in [4.78, 5) is 16.9. The molecular formula is C27H26ClN3O3S. The Balaban J connectivity index is 1.38. The van der Waals surface area contributed by atoms with E-state index in [1.54, 1.807) is 18.2 Å². The number of nitrogens with zero attached hydrogens (tertiary/aromatic N) is 1. The van der Waals surface area contributed by atoms with Crippen molar-refractivity contribution in [2.24, 2.45) is 0 Å². The maximum Gasteiger partial charge on any atom is 0.264 e. The van der Waals surface area contributed by atoms with Crippen molar-refractivity contribution in [2.75, 3.05) is 11.9 Å². The second-order valence-electron chi connectivity index (χ2n) is 8.34. The molecule has 1 amide bonds. The molecule has 0 aliphatic rings. The molecule has 3 aromatic carbocycles. The third-order valence-electron chi connectivity index (χ3n) is 5.71. The summed E-state index contributed by atoms with van der Waals surface area (Å²) in [5, 5.41) is 6.45. The number of anilines is 1. The Kier molecular flexibility index (Phi) is 7.68. The number of rotatable bonds is 7. The van der Waals surface area contributed by atoms with Crippen LogP contribution < -0.4 is 15.4 Å². The molecular weight excluding hydrogens is 482 g/mol. The number of halogens is 1. The Morgan fingerprint density at radius 2 is 2.00 bits per heavy atom. The van der Waals surface area contributed by atoms with Crippen LogP contribution in [0.4, 0.5) is 5.69 Å². The molecule has 6 nitrogen and oxygen atoms in total. The maximum atomic E-state index is 12.2. The van der Waals surface area contributed by atoms with Crippen LogP contribution in [0.5, 0.6) is 5.75 Å². The quantitative estimate of drug-likeness (QED) is 0.266. The van der Waals surface area contributed by atoms with Gasteiger partial charge in [-0.05, 0) is 91.1 Å². The monoisotopic (exact) mass is 507 g/mol. The highest BCUT2D eigenvalue weighted by molar-refractivity contribution is 7.80. The lowest BCUT2D eigenvalue weighted by molar-refractivity contribution is -0.121. The average Bonchev–Trinajstić information content (AvgIpc) is 3.28. The lowest BCUT2D eigenvalue weighted by Gasteiger charge is -2.11. The lowest BCUT2D eigenvalue weighted by Crippen LogP contribution is -2.37. The van der Waals surface area contributed by atoms with E-state index in [-0.39, 0.29) is 17.6 Å². The highest BCUT2D eigenvalue weighted by Gasteiger charge is 2.12. The first-order chi connectivity index (χ1) is 16.8. The van der Waals surface area contributed by atoms with Crippen molar-refractivity contribution in [3.05, 3.63) is 76.8 Å². The van der Waals surface area contributed by atoms with Gasteiger partial charge in [-0.15, -0.1) is 0 Å². The molecule has 8 heteroatoms. The molecule has 1 atom stereocenters. The largest absolute Gasteiger partial charge is 0.484 e. The number of benzene rings is 3. The van der Waals surface area contributed by atoms with Crippen molar-refractivity contribution in [3.63, 3.8) is 0 Å². The van der Waals surface area contributed by atoms with Crippen molar-refractivity contribution in [1.82, 2.24) is 10.3 Å². The number of nitrogens with one attached hydrogen (secondary N) is 2.